The van der Waals surface area contributed by atoms with Crippen LogP contribution in [-0.2, 0) is 12.8 Å². The third-order valence-corrected chi connectivity index (χ3v) is 4.76. The number of carbonyl (C=O) groups excluding carboxylic acids is 1. The largest absolute Gasteiger partial charge is 0.388 e. The second kappa shape index (κ2) is 6.26. The highest BCUT2D eigenvalue weighted by Crippen LogP contribution is 2.28. The Morgan fingerprint density at radius 1 is 1.08 bits per heavy atom. The number of fused-ring (bicyclic) bond motifs is 2. The second-order valence-corrected chi connectivity index (χ2v) is 6.60. The maximum atomic E-state index is 12.4. The van der Waals surface area contributed by atoms with Crippen LogP contribution < -0.4 is 5.32 Å². The molecule has 0 bridgehead atoms. The molecule has 1 heterocycles. The SMILES string of the molecule is O=C(NCC1(O)CCc2ccccc2C1)c1cnc2ccccc2n1. The van der Waals surface area contributed by atoms with Crippen LogP contribution in [-0.4, -0.2) is 33.1 Å². The van der Waals surface area contributed by atoms with Crippen molar-refractivity contribution in [1.82, 2.24) is 15.3 Å². The third-order valence-electron chi connectivity index (χ3n) is 4.76. The summed E-state index contributed by atoms with van der Waals surface area (Å²) in [5, 5.41) is 13.6. The average molecular weight is 333 g/mol. The van der Waals surface area contributed by atoms with Crippen LogP contribution in [0.4, 0.5) is 0 Å². The summed E-state index contributed by atoms with van der Waals surface area (Å²) in [5.41, 5.74) is 3.20. The fourth-order valence-corrected chi connectivity index (χ4v) is 3.34. The summed E-state index contributed by atoms with van der Waals surface area (Å²) in [7, 11) is 0. The van der Waals surface area contributed by atoms with Crippen molar-refractivity contribution in [2.75, 3.05) is 6.54 Å². The van der Waals surface area contributed by atoms with Crippen molar-refractivity contribution < 1.29 is 9.90 Å². The molecule has 1 aromatic heterocycles. The number of aryl methyl sites for hydroxylation is 1. The van der Waals surface area contributed by atoms with Crippen molar-refractivity contribution in [2.45, 2.75) is 24.9 Å². The molecule has 0 radical (unpaired) electrons. The van der Waals surface area contributed by atoms with Gasteiger partial charge in [0.1, 0.15) is 5.69 Å². The van der Waals surface area contributed by atoms with Crippen molar-refractivity contribution in [2.24, 2.45) is 0 Å². The molecule has 1 atom stereocenters. The molecule has 1 aliphatic carbocycles. The number of hydrogen-bond donors (Lipinski definition) is 2. The molecule has 0 aliphatic heterocycles. The summed E-state index contributed by atoms with van der Waals surface area (Å²) in [5.74, 6) is -0.314. The number of aliphatic hydroxyl groups is 1. The summed E-state index contributed by atoms with van der Waals surface area (Å²) in [6.07, 6.45) is 3.47. The molecule has 1 aliphatic rings. The zero-order valence-corrected chi connectivity index (χ0v) is 13.8. The number of hydrogen-bond acceptors (Lipinski definition) is 4. The van der Waals surface area contributed by atoms with Gasteiger partial charge >= 0.3 is 0 Å². The number of carbonyl (C=O) groups is 1. The Balaban J connectivity index is 1.46. The summed E-state index contributed by atoms with van der Waals surface area (Å²) in [6, 6.07) is 15.6. The predicted octanol–water partition coefficient (Wildman–Crippen LogP) is 2.28. The zero-order valence-electron chi connectivity index (χ0n) is 13.8. The van der Waals surface area contributed by atoms with E-state index in [-0.39, 0.29) is 18.1 Å². The molecule has 2 N–H and O–H groups in total. The standard InChI is InChI=1S/C20H19N3O2/c24-19(18-12-21-16-7-3-4-8-17(16)23-18)22-13-20(25)10-9-14-5-1-2-6-15(14)11-20/h1-8,12,25H,9-11,13H2,(H,22,24). The van der Waals surface area contributed by atoms with Crippen molar-refractivity contribution in [3.8, 4) is 0 Å². The summed E-state index contributed by atoms with van der Waals surface area (Å²) < 4.78 is 0. The van der Waals surface area contributed by atoms with Crippen LogP contribution in [0.1, 0.15) is 28.0 Å². The molecule has 5 nitrogen and oxygen atoms in total. The van der Waals surface area contributed by atoms with E-state index in [9.17, 15) is 9.90 Å². The molecule has 5 heteroatoms. The first-order chi connectivity index (χ1) is 12.1. The highest BCUT2D eigenvalue weighted by Gasteiger charge is 2.32. The van der Waals surface area contributed by atoms with Gasteiger partial charge in [0.15, 0.2) is 0 Å². The normalized spacial score (nSPS) is 19.4. The summed E-state index contributed by atoms with van der Waals surface area (Å²) in [6.45, 7) is 0.203. The van der Waals surface area contributed by atoms with E-state index in [1.165, 1.54) is 11.8 Å². The highest BCUT2D eigenvalue weighted by molar-refractivity contribution is 5.93. The first kappa shape index (κ1) is 15.7. The van der Waals surface area contributed by atoms with Crippen LogP contribution in [0.2, 0.25) is 0 Å². The molecule has 4 rings (SSSR count). The van der Waals surface area contributed by atoms with E-state index < -0.39 is 5.60 Å². The van der Waals surface area contributed by atoms with Gasteiger partial charge in [0.2, 0.25) is 0 Å². The molecule has 3 aromatic rings. The minimum atomic E-state index is -0.922. The Bertz CT molecular complexity index is 941. The van der Waals surface area contributed by atoms with Gasteiger partial charge in [-0.1, -0.05) is 36.4 Å². The average Bonchev–Trinajstić information content (AvgIpc) is 2.65. The summed E-state index contributed by atoms with van der Waals surface area (Å²) >= 11 is 0. The molecule has 0 saturated carbocycles. The molecule has 2 aromatic carbocycles. The lowest BCUT2D eigenvalue weighted by atomic mass is 9.80. The second-order valence-electron chi connectivity index (χ2n) is 6.60. The molecule has 0 fully saturated rings. The smallest absolute Gasteiger partial charge is 0.271 e. The number of amides is 1. The zero-order chi connectivity index (χ0) is 17.3. The van der Waals surface area contributed by atoms with E-state index in [2.05, 4.69) is 21.4 Å². The Hall–Kier alpha value is -2.79. The summed E-state index contributed by atoms with van der Waals surface area (Å²) in [4.78, 5) is 21.0. The number of benzene rings is 2. The van der Waals surface area contributed by atoms with Gasteiger partial charge in [0, 0.05) is 13.0 Å². The lowest BCUT2D eigenvalue weighted by Gasteiger charge is -2.33. The van der Waals surface area contributed by atoms with E-state index in [1.807, 2.05) is 42.5 Å². The third kappa shape index (κ3) is 3.23. The Labute approximate surface area is 145 Å². The minimum absolute atomic E-state index is 0.203. The van der Waals surface area contributed by atoms with Crippen LogP contribution >= 0.6 is 0 Å². The lowest BCUT2D eigenvalue weighted by Crippen LogP contribution is -2.46. The fraction of sp³-hybridized carbons (Fsp3) is 0.250. The van der Waals surface area contributed by atoms with E-state index in [1.54, 1.807) is 0 Å². The van der Waals surface area contributed by atoms with Gasteiger partial charge in [-0.15, -0.1) is 0 Å². The molecule has 126 valence electrons. The van der Waals surface area contributed by atoms with E-state index in [0.29, 0.717) is 18.4 Å². The number of aromatic nitrogens is 2. The van der Waals surface area contributed by atoms with Crippen LogP contribution in [0.5, 0.6) is 0 Å². The van der Waals surface area contributed by atoms with Gasteiger partial charge in [-0.3, -0.25) is 9.78 Å². The fourth-order valence-electron chi connectivity index (χ4n) is 3.34. The molecular weight excluding hydrogens is 314 g/mol. The van der Waals surface area contributed by atoms with Gasteiger partial charge in [-0.2, -0.15) is 0 Å². The molecule has 1 amide bonds. The van der Waals surface area contributed by atoms with Gasteiger partial charge in [-0.05, 0) is 36.1 Å². The van der Waals surface area contributed by atoms with Gasteiger partial charge in [0.05, 0.1) is 22.8 Å². The number of nitrogens with one attached hydrogen (secondary N) is 1. The van der Waals surface area contributed by atoms with Crippen molar-refractivity contribution >= 4 is 16.9 Å². The number of para-hydroxylation sites is 2. The van der Waals surface area contributed by atoms with Crippen molar-refractivity contribution in [1.29, 1.82) is 0 Å². The van der Waals surface area contributed by atoms with E-state index >= 15 is 0 Å². The van der Waals surface area contributed by atoms with Gasteiger partial charge < -0.3 is 10.4 Å². The van der Waals surface area contributed by atoms with Crippen LogP contribution in [0, 0.1) is 0 Å². The molecule has 0 saturated heterocycles. The van der Waals surface area contributed by atoms with Gasteiger partial charge in [0.25, 0.3) is 5.91 Å². The van der Waals surface area contributed by atoms with Crippen molar-refractivity contribution in [3.63, 3.8) is 0 Å². The van der Waals surface area contributed by atoms with E-state index in [0.717, 1.165) is 17.5 Å². The predicted molar refractivity (Wildman–Crippen MR) is 95.3 cm³/mol. The number of rotatable bonds is 3. The van der Waals surface area contributed by atoms with Crippen LogP contribution in [0.25, 0.3) is 11.0 Å². The van der Waals surface area contributed by atoms with Crippen molar-refractivity contribution in [3.05, 3.63) is 71.5 Å². The minimum Gasteiger partial charge on any atom is -0.388 e. The topological polar surface area (TPSA) is 75.1 Å². The first-order valence-corrected chi connectivity index (χ1v) is 8.42. The highest BCUT2D eigenvalue weighted by atomic mass is 16.3. The van der Waals surface area contributed by atoms with Crippen LogP contribution in [0.15, 0.2) is 54.7 Å². The first-order valence-electron chi connectivity index (χ1n) is 8.42. The Morgan fingerprint density at radius 2 is 1.80 bits per heavy atom. The quantitative estimate of drug-likeness (QED) is 0.771. The molecule has 0 spiro atoms. The Kier molecular flexibility index (Phi) is 3.93. The monoisotopic (exact) mass is 333 g/mol. The maximum Gasteiger partial charge on any atom is 0.271 e. The molecular formula is C20H19N3O2. The number of nitrogens with zero attached hydrogens (tertiary/aromatic N) is 2. The van der Waals surface area contributed by atoms with E-state index in [4.69, 9.17) is 0 Å². The van der Waals surface area contributed by atoms with Gasteiger partial charge in [-0.25, -0.2) is 4.98 Å². The lowest BCUT2D eigenvalue weighted by molar-refractivity contribution is 0.0259. The maximum absolute atomic E-state index is 12.4. The molecule has 25 heavy (non-hydrogen) atoms. The van der Waals surface area contributed by atoms with Crippen LogP contribution in [0.3, 0.4) is 0 Å². The molecule has 1 unspecified atom stereocenters. The Morgan fingerprint density at radius 3 is 2.64 bits per heavy atom.